The van der Waals surface area contributed by atoms with E-state index in [2.05, 4.69) is 218 Å². The second-order valence-electron chi connectivity index (χ2n) is 16.1. The van der Waals surface area contributed by atoms with Gasteiger partial charge in [0.25, 0.3) is 0 Å². The van der Waals surface area contributed by atoms with Gasteiger partial charge in [0.2, 0.25) is 0 Å². The number of benzene rings is 9. The Morgan fingerprint density at radius 2 is 0.726 bits per heavy atom. The van der Waals surface area contributed by atoms with E-state index in [4.69, 9.17) is 14.7 Å². The molecule has 62 heavy (non-hydrogen) atoms. The SMILES string of the molecule is c1ccc(-c2ccc(-c3cc(-c4ccccc4)nc(-c4cccc(-c5cccc(-c6cccc7c6Oc6ccccc6C76c7ccccc7-c7ccccc76)c5)c4)n3)cc2)cc1. The number of para-hydroxylation sites is 2. The summed E-state index contributed by atoms with van der Waals surface area (Å²) in [5.74, 6) is 2.45. The van der Waals surface area contributed by atoms with Crippen molar-refractivity contribution in [2.45, 2.75) is 5.41 Å². The fraction of sp³-hybridized carbons (Fsp3) is 0.0169. The molecule has 0 amide bonds. The van der Waals surface area contributed by atoms with Crippen LogP contribution >= 0.6 is 0 Å². The van der Waals surface area contributed by atoms with Crippen LogP contribution in [-0.2, 0) is 5.41 Å². The zero-order valence-corrected chi connectivity index (χ0v) is 33.7. The molecule has 1 spiro atoms. The lowest BCUT2D eigenvalue weighted by Crippen LogP contribution is -2.32. The van der Waals surface area contributed by atoms with E-state index in [9.17, 15) is 0 Å². The van der Waals surface area contributed by atoms with Gasteiger partial charge in [-0.1, -0.05) is 206 Å². The molecule has 3 nitrogen and oxygen atoms in total. The van der Waals surface area contributed by atoms with Gasteiger partial charge in [-0.25, -0.2) is 9.97 Å². The van der Waals surface area contributed by atoms with Crippen molar-refractivity contribution in [2.24, 2.45) is 0 Å². The molecule has 1 aromatic heterocycles. The standard InChI is InChI=1S/C59H38N2O/c1-3-16-39(17-4-1)40-32-34-42(35-33-40)55-38-54(41-18-5-2-6-19-41)60-58(61-55)46-23-14-21-44(37-46)43-20-13-22-45(36-43)47-26-15-30-53-57(47)62-56-31-12-11-29-52(56)59(53)50-27-9-7-24-48(50)49-25-8-10-28-51(49)59/h1-38H. The molecule has 0 bridgehead atoms. The maximum atomic E-state index is 7.01. The largest absolute Gasteiger partial charge is 0.456 e. The molecule has 0 saturated carbocycles. The van der Waals surface area contributed by atoms with E-state index in [1.54, 1.807) is 0 Å². The Labute approximate surface area is 361 Å². The maximum Gasteiger partial charge on any atom is 0.160 e. The van der Waals surface area contributed by atoms with E-state index < -0.39 is 5.41 Å². The summed E-state index contributed by atoms with van der Waals surface area (Å²) in [7, 11) is 0. The predicted octanol–water partition coefficient (Wildman–Crippen LogP) is 14.9. The van der Waals surface area contributed by atoms with Crippen molar-refractivity contribution in [3.05, 3.63) is 253 Å². The Morgan fingerprint density at radius 3 is 1.40 bits per heavy atom. The number of fused-ring (bicyclic) bond motifs is 9. The third-order valence-corrected chi connectivity index (χ3v) is 12.6. The zero-order chi connectivity index (χ0) is 41.0. The van der Waals surface area contributed by atoms with Crippen molar-refractivity contribution in [1.82, 2.24) is 9.97 Å². The number of nitrogens with zero attached hydrogens (tertiary/aromatic N) is 2. The summed E-state index contributed by atoms with van der Waals surface area (Å²) in [6, 6.07) is 81.9. The highest BCUT2D eigenvalue weighted by molar-refractivity contribution is 5.91. The highest BCUT2D eigenvalue weighted by atomic mass is 16.5. The summed E-state index contributed by atoms with van der Waals surface area (Å²) in [5, 5.41) is 0. The topological polar surface area (TPSA) is 35.0 Å². The van der Waals surface area contributed by atoms with Gasteiger partial charge in [-0.15, -0.1) is 0 Å². The number of ether oxygens (including phenoxy) is 1. The van der Waals surface area contributed by atoms with Gasteiger partial charge in [0, 0.05) is 33.4 Å². The van der Waals surface area contributed by atoms with Gasteiger partial charge < -0.3 is 4.74 Å². The molecule has 0 atom stereocenters. The molecule has 2 heterocycles. The van der Waals surface area contributed by atoms with Crippen LogP contribution in [0.5, 0.6) is 11.5 Å². The molecule has 0 N–H and O–H groups in total. The van der Waals surface area contributed by atoms with Gasteiger partial charge in [0.05, 0.1) is 16.8 Å². The van der Waals surface area contributed by atoms with Crippen molar-refractivity contribution in [2.75, 3.05) is 0 Å². The van der Waals surface area contributed by atoms with E-state index in [1.807, 2.05) is 12.1 Å². The van der Waals surface area contributed by atoms with Crippen LogP contribution in [0.1, 0.15) is 22.3 Å². The van der Waals surface area contributed by atoms with Gasteiger partial charge in [-0.05, 0) is 74.3 Å². The first-order chi connectivity index (χ1) is 30.7. The van der Waals surface area contributed by atoms with Crippen molar-refractivity contribution in [3.8, 4) is 89.9 Å². The number of rotatable bonds is 6. The minimum absolute atomic E-state index is 0.517. The lowest BCUT2D eigenvalue weighted by Gasteiger charge is -2.40. The average molecular weight is 791 g/mol. The van der Waals surface area contributed by atoms with Crippen LogP contribution in [0.25, 0.3) is 78.4 Å². The Bertz CT molecular complexity index is 3270. The van der Waals surface area contributed by atoms with Crippen molar-refractivity contribution >= 4 is 0 Å². The molecule has 10 aromatic rings. The third kappa shape index (κ3) is 5.74. The van der Waals surface area contributed by atoms with Gasteiger partial charge in [0.15, 0.2) is 5.82 Å². The average Bonchev–Trinajstić information content (AvgIpc) is 3.65. The second kappa shape index (κ2) is 14.5. The smallest absolute Gasteiger partial charge is 0.160 e. The van der Waals surface area contributed by atoms with E-state index in [0.29, 0.717) is 5.82 Å². The highest BCUT2D eigenvalue weighted by Crippen LogP contribution is 2.63. The molecule has 0 unspecified atom stereocenters. The molecule has 0 saturated heterocycles. The number of aromatic nitrogens is 2. The van der Waals surface area contributed by atoms with Crippen molar-refractivity contribution < 1.29 is 4.74 Å². The minimum atomic E-state index is -0.517. The molecule has 290 valence electrons. The summed E-state index contributed by atoms with van der Waals surface area (Å²) in [4.78, 5) is 10.4. The van der Waals surface area contributed by atoms with Crippen LogP contribution in [0.4, 0.5) is 0 Å². The zero-order valence-electron chi connectivity index (χ0n) is 33.7. The molecule has 0 radical (unpaired) electrons. The monoisotopic (exact) mass is 790 g/mol. The van der Waals surface area contributed by atoms with Crippen molar-refractivity contribution in [1.29, 1.82) is 0 Å². The second-order valence-corrected chi connectivity index (χ2v) is 16.1. The summed E-state index contributed by atoms with van der Waals surface area (Å²) in [5.41, 5.74) is 18.4. The van der Waals surface area contributed by atoms with Gasteiger partial charge in [-0.2, -0.15) is 0 Å². The first-order valence-electron chi connectivity index (χ1n) is 21.1. The molecule has 9 aromatic carbocycles. The van der Waals surface area contributed by atoms with E-state index >= 15 is 0 Å². The van der Waals surface area contributed by atoms with Crippen LogP contribution < -0.4 is 4.74 Å². The summed E-state index contributed by atoms with van der Waals surface area (Å²) < 4.78 is 7.01. The third-order valence-electron chi connectivity index (χ3n) is 12.6. The Morgan fingerprint density at radius 1 is 0.290 bits per heavy atom. The molecule has 2 aliphatic rings. The lowest BCUT2D eigenvalue weighted by molar-refractivity contribution is 0.438. The fourth-order valence-corrected chi connectivity index (χ4v) is 9.75. The van der Waals surface area contributed by atoms with Crippen molar-refractivity contribution in [3.63, 3.8) is 0 Å². The molecule has 12 rings (SSSR count). The molecular formula is C59H38N2O. The quantitative estimate of drug-likeness (QED) is 0.168. The van der Waals surface area contributed by atoms with E-state index in [1.165, 1.54) is 38.9 Å². The summed E-state index contributed by atoms with van der Waals surface area (Å²) >= 11 is 0. The Kier molecular flexibility index (Phi) is 8.39. The Balaban J connectivity index is 0.957. The summed E-state index contributed by atoms with van der Waals surface area (Å²) in [6.07, 6.45) is 0. The predicted molar refractivity (Wildman–Crippen MR) is 252 cm³/mol. The van der Waals surface area contributed by atoms with Crippen LogP contribution in [-0.4, -0.2) is 9.97 Å². The molecule has 1 aliphatic carbocycles. The maximum absolute atomic E-state index is 7.01. The van der Waals surface area contributed by atoms with Gasteiger partial charge in [-0.3, -0.25) is 0 Å². The lowest BCUT2D eigenvalue weighted by atomic mass is 9.65. The molecule has 0 fully saturated rings. The minimum Gasteiger partial charge on any atom is -0.456 e. The number of hydrogen-bond donors (Lipinski definition) is 0. The fourth-order valence-electron chi connectivity index (χ4n) is 9.75. The Hall–Kier alpha value is -8.14. The van der Waals surface area contributed by atoms with Crippen LogP contribution in [0.2, 0.25) is 0 Å². The number of hydrogen-bond acceptors (Lipinski definition) is 3. The summed E-state index contributed by atoms with van der Waals surface area (Å²) in [6.45, 7) is 0. The molecular weight excluding hydrogens is 753 g/mol. The van der Waals surface area contributed by atoms with E-state index in [0.717, 1.165) is 67.4 Å². The van der Waals surface area contributed by atoms with Gasteiger partial charge >= 0.3 is 0 Å². The first kappa shape index (κ1) is 35.8. The van der Waals surface area contributed by atoms with Crippen LogP contribution in [0.3, 0.4) is 0 Å². The van der Waals surface area contributed by atoms with Gasteiger partial charge in [0.1, 0.15) is 11.5 Å². The normalized spacial score (nSPS) is 12.8. The van der Waals surface area contributed by atoms with Crippen LogP contribution in [0, 0.1) is 0 Å². The van der Waals surface area contributed by atoms with E-state index in [-0.39, 0.29) is 0 Å². The molecule has 3 heteroatoms. The highest BCUT2D eigenvalue weighted by Gasteiger charge is 2.51. The molecule has 1 aliphatic heterocycles. The first-order valence-corrected chi connectivity index (χ1v) is 21.1. The van der Waals surface area contributed by atoms with Crippen LogP contribution in [0.15, 0.2) is 231 Å².